The standard InChI is InChI=1S/C13H12Br2N2O/c14-11-4-10(5-12(15)6-11)13(18)17-3-1-2-9(7-16)8-17/h4-6,9H,1-3,8H2. The molecule has 1 amide bonds. The number of nitrogens with zero attached hydrogens (tertiary/aromatic N) is 2. The summed E-state index contributed by atoms with van der Waals surface area (Å²) in [6.45, 7) is 1.28. The van der Waals surface area contributed by atoms with Gasteiger partial charge in [-0.15, -0.1) is 0 Å². The highest BCUT2D eigenvalue weighted by molar-refractivity contribution is 9.11. The van der Waals surface area contributed by atoms with E-state index in [9.17, 15) is 4.79 Å². The summed E-state index contributed by atoms with van der Waals surface area (Å²) in [5.74, 6) is -0.0322. The fourth-order valence-electron chi connectivity index (χ4n) is 2.13. The summed E-state index contributed by atoms with van der Waals surface area (Å²) >= 11 is 6.76. The molecular formula is C13H12Br2N2O. The summed E-state index contributed by atoms with van der Waals surface area (Å²) in [5.41, 5.74) is 0.648. The van der Waals surface area contributed by atoms with Crippen LogP contribution in [0.15, 0.2) is 27.1 Å². The Kier molecular flexibility index (Phi) is 4.41. The SMILES string of the molecule is N#CC1CCCN(C(=O)c2cc(Br)cc(Br)c2)C1. The second-order valence-electron chi connectivity index (χ2n) is 4.38. The van der Waals surface area contributed by atoms with E-state index in [0.29, 0.717) is 12.1 Å². The first-order valence-corrected chi connectivity index (χ1v) is 7.33. The lowest BCUT2D eigenvalue weighted by atomic mass is 9.99. The van der Waals surface area contributed by atoms with Crippen LogP contribution in [0.3, 0.4) is 0 Å². The van der Waals surface area contributed by atoms with Gasteiger partial charge in [0, 0.05) is 27.6 Å². The van der Waals surface area contributed by atoms with Gasteiger partial charge in [-0.25, -0.2) is 0 Å². The number of nitriles is 1. The third-order valence-electron chi connectivity index (χ3n) is 3.00. The van der Waals surface area contributed by atoms with E-state index in [4.69, 9.17) is 5.26 Å². The number of halogens is 2. The summed E-state index contributed by atoms with van der Waals surface area (Å²) in [5, 5.41) is 8.95. The van der Waals surface area contributed by atoms with Gasteiger partial charge in [-0.1, -0.05) is 31.9 Å². The van der Waals surface area contributed by atoms with Gasteiger partial charge in [0.25, 0.3) is 5.91 Å². The molecule has 1 aromatic carbocycles. The average molecular weight is 372 g/mol. The molecule has 0 N–H and O–H groups in total. The fourth-order valence-corrected chi connectivity index (χ4v) is 3.42. The zero-order valence-corrected chi connectivity index (χ0v) is 12.9. The van der Waals surface area contributed by atoms with Crippen molar-refractivity contribution in [1.82, 2.24) is 4.90 Å². The van der Waals surface area contributed by atoms with Crippen molar-refractivity contribution < 1.29 is 4.79 Å². The summed E-state index contributed by atoms with van der Waals surface area (Å²) in [6.07, 6.45) is 1.79. The lowest BCUT2D eigenvalue weighted by Gasteiger charge is -2.29. The Morgan fingerprint density at radius 3 is 2.61 bits per heavy atom. The predicted molar refractivity (Wildman–Crippen MR) is 76.1 cm³/mol. The lowest BCUT2D eigenvalue weighted by Crippen LogP contribution is -2.39. The van der Waals surface area contributed by atoms with Crippen LogP contribution in [0.25, 0.3) is 0 Å². The minimum Gasteiger partial charge on any atom is -0.337 e. The Morgan fingerprint density at radius 1 is 1.33 bits per heavy atom. The molecule has 0 saturated carbocycles. The van der Waals surface area contributed by atoms with Gasteiger partial charge in [0.1, 0.15) is 0 Å². The summed E-state index contributed by atoms with van der Waals surface area (Å²) in [4.78, 5) is 14.1. The summed E-state index contributed by atoms with van der Waals surface area (Å²) < 4.78 is 1.74. The third kappa shape index (κ3) is 3.12. The molecule has 1 aliphatic heterocycles. The van der Waals surface area contributed by atoms with Gasteiger partial charge in [0.15, 0.2) is 0 Å². The number of hydrogen-bond acceptors (Lipinski definition) is 2. The van der Waals surface area contributed by atoms with Crippen LogP contribution in [-0.2, 0) is 0 Å². The van der Waals surface area contributed by atoms with Crippen molar-refractivity contribution in [2.45, 2.75) is 12.8 Å². The first-order valence-electron chi connectivity index (χ1n) is 5.75. The van der Waals surface area contributed by atoms with Gasteiger partial charge in [0.2, 0.25) is 0 Å². The highest BCUT2D eigenvalue weighted by atomic mass is 79.9. The zero-order valence-electron chi connectivity index (χ0n) is 9.70. The summed E-state index contributed by atoms with van der Waals surface area (Å²) in [7, 11) is 0. The maximum atomic E-state index is 12.3. The number of carbonyl (C=O) groups is 1. The molecule has 0 aromatic heterocycles. The molecule has 0 spiro atoms. The van der Waals surface area contributed by atoms with E-state index in [1.165, 1.54) is 0 Å². The van der Waals surface area contributed by atoms with Crippen LogP contribution >= 0.6 is 31.9 Å². The molecule has 1 heterocycles. The lowest BCUT2D eigenvalue weighted by molar-refractivity contribution is 0.0698. The molecule has 0 aliphatic carbocycles. The molecule has 1 aromatic rings. The number of carbonyl (C=O) groups excluding carboxylic acids is 1. The van der Waals surface area contributed by atoms with Crippen molar-refractivity contribution in [2.24, 2.45) is 5.92 Å². The Labute approximate surface area is 123 Å². The van der Waals surface area contributed by atoms with Crippen molar-refractivity contribution >= 4 is 37.8 Å². The molecular weight excluding hydrogens is 360 g/mol. The van der Waals surface area contributed by atoms with Crippen LogP contribution in [0.1, 0.15) is 23.2 Å². The molecule has 94 valence electrons. The van der Waals surface area contributed by atoms with Gasteiger partial charge >= 0.3 is 0 Å². The van der Waals surface area contributed by atoms with E-state index >= 15 is 0 Å². The molecule has 18 heavy (non-hydrogen) atoms. The Balaban J connectivity index is 2.18. The molecule has 1 atom stereocenters. The van der Waals surface area contributed by atoms with E-state index in [2.05, 4.69) is 37.9 Å². The molecule has 3 nitrogen and oxygen atoms in total. The van der Waals surface area contributed by atoms with Crippen molar-refractivity contribution in [1.29, 1.82) is 5.26 Å². The maximum Gasteiger partial charge on any atom is 0.253 e. The van der Waals surface area contributed by atoms with Crippen LogP contribution in [0.4, 0.5) is 0 Å². The van der Waals surface area contributed by atoms with Gasteiger partial charge < -0.3 is 4.90 Å². The highest BCUT2D eigenvalue weighted by Gasteiger charge is 2.24. The topological polar surface area (TPSA) is 44.1 Å². The van der Waals surface area contributed by atoms with Crippen LogP contribution in [0.5, 0.6) is 0 Å². The number of likely N-dealkylation sites (tertiary alicyclic amines) is 1. The second kappa shape index (κ2) is 5.85. The second-order valence-corrected chi connectivity index (χ2v) is 6.21. The zero-order chi connectivity index (χ0) is 13.1. The quantitative estimate of drug-likeness (QED) is 0.757. The molecule has 1 fully saturated rings. The van der Waals surface area contributed by atoms with Crippen LogP contribution in [-0.4, -0.2) is 23.9 Å². The number of amides is 1. The molecule has 5 heteroatoms. The maximum absolute atomic E-state index is 12.3. The van der Waals surface area contributed by atoms with E-state index in [-0.39, 0.29) is 11.8 Å². The van der Waals surface area contributed by atoms with E-state index in [0.717, 1.165) is 28.3 Å². The first kappa shape index (κ1) is 13.6. The molecule has 0 radical (unpaired) electrons. The van der Waals surface area contributed by atoms with Gasteiger partial charge in [-0.3, -0.25) is 4.79 Å². The minimum absolute atomic E-state index is 0.00282. The number of rotatable bonds is 1. The van der Waals surface area contributed by atoms with Crippen LogP contribution in [0, 0.1) is 17.2 Å². The van der Waals surface area contributed by atoms with Crippen molar-refractivity contribution in [3.05, 3.63) is 32.7 Å². The number of hydrogen-bond donors (Lipinski definition) is 0. The summed E-state index contributed by atoms with van der Waals surface area (Å²) in [6, 6.07) is 7.76. The highest BCUT2D eigenvalue weighted by Crippen LogP contribution is 2.23. The smallest absolute Gasteiger partial charge is 0.253 e. The number of benzene rings is 1. The Bertz CT molecular complexity index is 490. The predicted octanol–water partition coefficient (Wildman–Crippen LogP) is 3.59. The first-order chi connectivity index (χ1) is 8.60. The Hall–Kier alpha value is -0.860. The number of piperidine rings is 1. The average Bonchev–Trinajstić information content (AvgIpc) is 2.37. The van der Waals surface area contributed by atoms with Gasteiger partial charge in [-0.2, -0.15) is 5.26 Å². The molecule has 0 bridgehead atoms. The largest absolute Gasteiger partial charge is 0.337 e. The van der Waals surface area contributed by atoms with Crippen LogP contribution in [0.2, 0.25) is 0 Å². The van der Waals surface area contributed by atoms with Crippen molar-refractivity contribution in [2.75, 3.05) is 13.1 Å². The van der Waals surface area contributed by atoms with Gasteiger partial charge in [0.05, 0.1) is 12.0 Å². The van der Waals surface area contributed by atoms with E-state index in [1.807, 2.05) is 18.2 Å². The fraction of sp³-hybridized carbons (Fsp3) is 0.385. The molecule has 1 unspecified atom stereocenters. The van der Waals surface area contributed by atoms with Crippen molar-refractivity contribution in [3.8, 4) is 6.07 Å². The molecule has 1 aliphatic rings. The van der Waals surface area contributed by atoms with E-state index in [1.54, 1.807) is 4.90 Å². The monoisotopic (exact) mass is 370 g/mol. The third-order valence-corrected chi connectivity index (χ3v) is 3.92. The van der Waals surface area contributed by atoms with Crippen LogP contribution < -0.4 is 0 Å². The van der Waals surface area contributed by atoms with Crippen molar-refractivity contribution in [3.63, 3.8) is 0 Å². The van der Waals surface area contributed by atoms with Gasteiger partial charge in [-0.05, 0) is 31.0 Å². The minimum atomic E-state index is -0.0294. The van der Waals surface area contributed by atoms with E-state index < -0.39 is 0 Å². The Morgan fingerprint density at radius 2 is 2.00 bits per heavy atom. The molecule has 2 rings (SSSR count). The molecule has 1 saturated heterocycles. The normalized spacial score (nSPS) is 19.4.